The number of aryl methyl sites for hydroxylation is 2. The summed E-state index contributed by atoms with van der Waals surface area (Å²) in [6, 6.07) is 2.13. The van der Waals surface area contributed by atoms with E-state index >= 15 is 0 Å². The van der Waals surface area contributed by atoms with E-state index in [1.807, 2.05) is 0 Å². The maximum Gasteiger partial charge on any atom is 0.182 e. The first-order chi connectivity index (χ1) is 7.50. The zero-order chi connectivity index (χ0) is 11.9. The normalized spacial score (nSPS) is 11.3. The van der Waals surface area contributed by atoms with Gasteiger partial charge in [0.2, 0.25) is 0 Å². The molecule has 0 aliphatic rings. The summed E-state index contributed by atoms with van der Waals surface area (Å²) in [6.45, 7) is 8.40. The average molecular weight is 236 g/mol. The van der Waals surface area contributed by atoms with E-state index in [-0.39, 0.29) is 0 Å². The number of nitrogen functional groups attached to an aromatic ring is 1. The van der Waals surface area contributed by atoms with Crippen molar-refractivity contribution in [1.29, 1.82) is 0 Å². The first kappa shape index (κ1) is 11.2. The van der Waals surface area contributed by atoms with E-state index in [2.05, 4.69) is 38.9 Å². The fourth-order valence-corrected chi connectivity index (χ4v) is 2.76. The van der Waals surface area contributed by atoms with Crippen LogP contribution in [0, 0.1) is 13.8 Å². The number of nitrogens with zero attached hydrogens (tertiary/aromatic N) is 1. The van der Waals surface area contributed by atoms with Gasteiger partial charge in [0.25, 0.3) is 0 Å². The van der Waals surface area contributed by atoms with Gasteiger partial charge in [0, 0.05) is 10.4 Å². The predicted molar refractivity (Wildman–Crippen MR) is 67.8 cm³/mol. The third-order valence-corrected chi connectivity index (χ3v) is 3.87. The molecular weight excluding hydrogens is 220 g/mol. The molecule has 0 radical (unpaired) electrons. The quantitative estimate of drug-likeness (QED) is 0.864. The first-order valence-electron chi connectivity index (χ1n) is 5.33. The molecule has 0 bridgehead atoms. The van der Waals surface area contributed by atoms with Crippen molar-refractivity contribution < 1.29 is 4.52 Å². The molecule has 3 nitrogen and oxygen atoms in total. The van der Waals surface area contributed by atoms with Gasteiger partial charge < -0.3 is 10.3 Å². The smallest absolute Gasteiger partial charge is 0.182 e. The van der Waals surface area contributed by atoms with Crippen molar-refractivity contribution in [2.75, 3.05) is 5.73 Å². The summed E-state index contributed by atoms with van der Waals surface area (Å²) >= 11 is 1.72. The molecule has 0 fully saturated rings. The third-order valence-electron chi connectivity index (χ3n) is 2.72. The Hall–Kier alpha value is -1.29. The molecule has 0 saturated carbocycles. The Morgan fingerprint density at radius 2 is 2.06 bits per heavy atom. The molecule has 0 aromatic carbocycles. The Bertz CT molecular complexity index is 492. The van der Waals surface area contributed by atoms with Crippen LogP contribution in [0.15, 0.2) is 10.6 Å². The molecule has 2 rings (SSSR count). The number of thiophene rings is 1. The monoisotopic (exact) mass is 236 g/mol. The second kappa shape index (κ2) is 3.94. The van der Waals surface area contributed by atoms with Gasteiger partial charge in [-0.25, -0.2) is 0 Å². The van der Waals surface area contributed by atoms with Gasteiger partial charge in [-0.05, 0) is 31.4 Å². The van der Waals surface area contributed by atoms with Crippen molar-refractivity contribution in [1.82, 2.24) is 5.16 Å². The second-order valence-electron chi connectivity index (χ2n) is 4.32. The number of hydrogen-bond acceptors (Lipinski definition) is 4. The molecule has 0 aliphatic carbocycles. The van der Waals surface area contributed by atoms with E-state index in [0.29, 0.717) is 11.7 Å². The number of rotatable bonds is 2. The van der Waals surface area contributed by atoms with Crippen LogP contribution in [0.4, 0.5) is 5.82 Å². The SMILES string of the molecule is Cc1cc(-c2onc(N)c2C(C)C)sc1C. The Balaban J connectivity index is 2.56. The van der Waals surface area contributed by atoms with Crippen LogP contribution in [-0.4, -0.2) is 5.16 Å². The maximum absolute atomic E-state index is 5.82. The van der Waals surface area contributed by atoms with Gasteiger partial charge >= 0.3 is 0 Å². The Kier molecular flexibility index (Phi) is 2.76. The van der Waals surface area contributed by atoms with Crippen LogP contribution >= 0.6 is 11.3 Å². The van der Waals surface area contributed by atoms with Gasteiger partial charge in [0.15, 0.2) is 11.6 Å². The molecular formula is C12H16N2OS. The lowest BCUT2D eigenvalue weighted by Gasteiger charge is -2.03. The fourth-order valence-electron chi connectivity index (χ4n) is 1.73. The summed E-state index contributed by atoms with van der Waals surface area (Å²) in [4.78, 5) is 2.42. The molecule has 0 atom stereocenters. The van der Waals surface area contributed by atoms with E-state index < -0.39 is 0 Å². The van der Waals surface area contributed by atoms with E-state index in [1.54, 1.807) is 11.3 Å². The molecule has 2 aromatic heterocycles. The van der Waals surface area contributed by atoms with Crippen molar-refractivity contribution in [3.05, 3.63) is 22.1 Å². The van der Waals surface area contributed by atoms with Crippen LogP contribution in [0.3, 0.4) is 0 Å². The number of anilines is 1. The lowest BCUT2D eigenvalue weighted by molar-refractivity contribution is 0.435. The van der Waals surface area contributed by atoms with Gasteiger partial charge in [0.05, 0.1) is 4.88 Å². The van der Waals surface area contributed by atoms with Crippen LogP contribution in [0.1, 0.15) is 35.8 Å². The van der Waals surface area contributed by atoms with Crippen LogP contribution < -0.4 is 5.73 Å². The Morgan fingerprint density at radius 3 is 2.56 bits per heavy atom. The van der Waals surface area contributed by atoms with Crippen LogP contribution in [0.2, 0.25) is 0 Å². The van der Waals surface area contributed by atoms with Crippen molar-refractivity contribution >= 4 is 17.2 Å². The molecule has 0 amide bonds. The molecule has 2 N–H and O–H groups in total. The largest absolute Gasteiger partial charge is 0.381 e. The summed E-state index contributed by atoms with van der Waals surface area (Å²) in [5.74, 6) is 1.66. The lowest BCUT2D eigenvalue weighted by Crippen LogP contribution is -1.94. The average Bonchev–Trinajstić information content (AvgIpc) is 2.71. The molecule has 2 aromatic rings. The number of aromatic nitrogens is 1. The minimum Gasteiger partial charge on any atom is -0.381 e. The predicted octanol–water partition coefficient (Wildman–Crippen LogP) is 3.73. The molecule has 0 aliphatic heterocycles. The fraction of sp³-hybridized carbons (Fsp3) is 0.417. The highest BCUT2D eigenvalue weighted by Gasteiger charge is 2.20. The minimum atomic E-state index is 0.323. The Morgan fingerprint density at radius 1 is 1.38 bits per heavy atom. The minimum absolute atomic E-state index is 0.323. The number of nitrogens with two attached hydrogens (primary N) is 1. The lowest BCUT2D eigenvalue weighted by atomic mass is 10.0. The van der Waals surface area contributed by atoms with E-state index in [1.165, 1.54) is 10.4 Å². The molecule has 0 saturated heterocycles. The Labute approximate surface area is 99.3 Å². The number of hydrogen-bond donors (Lipinski definition) is 1. The van der Waals surface area contributed by atoms with Gasteiger partial charge in [-0.1, -0.05) is 19.0 Å². The summed E-state index contributed by atoms with van der Waals surface area (Å²) in [7, 11) is 0. The summed E-state index contributed by atoms with van der Waals surface area (Å²) in [5, 5.41) is 3.86. The molecule has 86 valence electrons. The molecule has 4 heteroatoms. The molecule has 2 heterocycles. The highest BCUT2D eigenvalue weighted by Crippen LogP contribution is 2.38. The second-order valence-corrected chi connectivity index (χ2v) is 5.57. The highest BCUT2D eigenvalue weighted by molar-refractivity contribution is 7.15. The maximum atomic E-state index is 5.82. The molecule has 16 heavy (non-hydrogen) atoms. The van der Waals surface area contributed by atoms with Crippen LogP contribution in [0.5, 0.6) is 0 Å². The van der Waals surface area contributed by atoms with Crippen molar-refractivity contribution in [2.24, 2.45) is 0 Å². The summed E-state index contributed by atoms with van der Waals surface area (Å²) in [5.41, 5.74) is 8.12. The van der Waals surface area contributed by atoms with Gasteiger partial charge in [-0.3, -0.25) is 0 Å². The van der Waals surface area contributed by atoms with Crippen molar-refractivity contribution in [2.45, 2.75) is 33.6 Å². The van der Waals surface area contributed by atoms with Crippen molar-refractivity contribution in [3.8, 4) is 10.6 Å². The van der Waals surface area contributed by atoms with E-state index in [9.17, 15) is 0 Å². The first-order valence-corrected chi connectivity index (χ1v) is 6.14. The molecule has 0 unspecified atom stereocenters. The molecule has 0 spiro atoms. The van der Waals surface area contributed by atoms with Gasteiger partial charge in [-0.2, -0.15) is 0 Å². The highest BCUT2D eigenvalue weighted by atomic mass is 32.1. The van der Waals surface area contributed by atoms with Crippen molar-refractivity contribution in [3.63, 3.8) is 0 Å². The summed E-state index contributed by atoms with van der Waals surface area (Å²) < 4.78 is 5.35. The zero-order valence-corrected chi connectivity index (χ0v) is 10.8. The standard InChI is InChI=1S/C12H16N2OS/c1-6(2)10-11(15-14-12(10)13)9-5-7(3)8(4)16-9/h5-6H,1-4H3,(H2,13,14). The van der Waals surface area contributed by atoms with Crippen LogP contribution in [0.25, 0.3) is 10.6 Å². The van der Waals surface area contributed by atoms with E-state index in [4.69, 9.17) is 10.3 Å². The topological polar surface area (TPSA) is 52.0 Å². The van der Waals surface area contributed by atoms with Crippen LogP contribution in [-0.2, 0) is 0 Å². The van der Waals surface area contributed by atoms with E-state index in [0.717, 1.165) is 16.2 Å². The summed E-state index contributed by atoms with van der Waals surface area (Å²) in [6.07, 6.45) is 0. The zero-order valence-electron chi connectivity index (χ0n) is 10.00. The van der Waals surface area contributed by atoms with Gasteiger partial charge in [-0.15, -0.1) is 11.3 Å². The van der Waals surface area contributed by atoms with Gasteiger partial charge in [0.1, 0.15) is 0 Å². The third kappa shape index (κ3) is 1.73.